The van der Waals surface area contributed by atoms with Gasteiger partial charge in [-0.2, -0.15) is 0 Å². The highest BCUT2D eigenvalue weighted by molar-refractivity contribution is 5.80. The molecule has 4 N–H and O–H groups in total. The van der Waals surface area contributed by atoms with Crippen molar-refractivity contribution in [2.45, 2.75) is 31.5 Å². The number of carbonyl (C=O) groups excluding carboxylic acids is 1. The lowest BCUT2D eigenvalue weighted by atomic mass is 10.0. The molecule has 0 aromatic heterocycles. The van der Waals surface area contributed by atoms with Crippen LogP contribution in [0, 0.1) is 0 Å². The molecule has 0 radical (unpaired) electrons. The Morgan fingerprint density at radius 3 is 2.63 bits per heavy atom. The Bertz CT molecular complexity index is 450. The van der Waals surface area contributed by atoms with E-state index in [1.807, 2.05) is 30.3 Å². The fourth-order valence-electron chi connectivity index (χ4n) is 2.04. The molecule has 2 rings (SSSR count). The molecule has 19 heavy (non-hydrogen) atoms. The minimum absolute atomic E-state index is 0.00349. The van der Waals surface area contributed by atoms with Crippen molar-refractivity contribution in [2.24, 2.45) is 0 Å². The summed E-state index contributed by atoms with van der Waals surface area (Å²) in [5.74, 6) is -1.22. The summed E-state index contributed by atoms with van der Waals surface area (Å²) in [4.78, 5) is 21.9. The van der Waals surface area contributed by atoms with Gasteiger partial charge in [0.05, 0.1) is 12.6 Å². The van der Waals surface area contributed by atoms with Gasteiger partial charge in [0.15, 0.2) is 0 Å². The van der Waals surface area contributed by atoms with E-state index in [0.717, 1.165) is 12.0 Å². The van der Waals surface area contributed by atoms with E-state index in [9.17, 15) is 9.59 Å². The third kappa shape index (κ3) is 4.04. The van der Waals surface area contributed by atoms with E-state index in [4.69, 9.17) is 5.11 Å². The maximum absolute atomic E-state index is 11.5. The minimum Gasteiger partial charge on any atom is -0.481 e. The Morgan fingerprint density at radius 1 is 1.21 bits per heavy atom. The monoisotopic (exact) mass is 263 g/mol. The number of hydrazine groups is 1. The van der Waals surface area contributed by atoms with Crippen LogP contribution in [0.3, 0.4) is 0 Å². The highest BCUT2D eigenvalue weighted by Gasteiger charge is 2.25. The van der Waals surface area contributed by atoms with Gasteiger partial charge in [-0.1, -0.05) is 30.3 Å². The maximum Gasteiger partial charge on any atom is 0.303 e. The van der Waals surface area contributed by atoms with Crippen LogP contribution in [0.5, 0.6) is 0 Å². The van der Waals surface area contributed by atoms with Crippen molar-refractivity contribution in [3.8, 4) is 0 Å². The molecule has 1 aliphatic heterocycles. The summed E-state index contributed by atoms with van der Waals surface area (Å²) in [6, 6.07) is 10.1. The van der Waals surface area contributed by atoms with E-state index in [0.29, 0.717) is 0 Å². The maximum atomic E-state index is 11.5. The molecule has 1 aliphatic rings. The molecule has 0 aliphatic carbocycles. The van der Waals surface area contributed by atoms with E-state index < -0.39 is 5.97 Å². The number of aliphatic carboxylic acids is 1. The van der Waals surface area contributed by atoms with Crippen molar-refractivity contribution in [1.82, 2.24) is 16.2 Å². The fourth-order valence-corrected chi connectivity index (χ4v) is 2.04. The Labute approximate surface area is 111 Å². The second-order valence-electron chi connectivity index (χ2n) is 4.50. The van der Waals surface area contributed by atoms with Crippen LogP contribution < -0.4 is 16.2 Å². The first-order valence-corrected chi connectivity index (χ1v) is 6.22. The lowest BCUT2D eigenvalue weighted by Crippen LogP contribution is -2.44. The van der Waals surface area contributed by atoms with Crippen LogP contribution in [-0.2, 0) is 9.59 Å². The number of carboxylic acid groups (broad SMARTS) is 1. The molecule has 6 heteroatoms. The zero-order valence-electron chi connectivity index (χ0n) is 10.4. The van der Waals surface area contributed by atoms with Crippen LogP contribution in [0.1, 0.15) is 30.9 Å². The largest absolute Gasteiger partial charge is 0.481 e. The van der Waals surface area contributed by atoms with Crippen LogP contribution in [0.2, 0.25) is 0 Å². The Kier molecular flexibility index (Phi) is 4.48. The van der Waals surface area contributed by atoms with Gasteiger partial charge in [0, 0.05) is 18.9 Å². The van der Waals surface area contributed by atoms with Gasteiger partial charge in [0.25, 0.3) is 0 Å². The van der Waals surface area contributed by atoms with Gasteiger partial charge in [-0.05, 0) is 5.56 Å². The van der Waals surface area contributed by atoms with E-state index in [-0.39, 0.29) is 31.0 Å². The highest BCUT2D eigenvalue weighted by atomic mass is 16.4. The number of carboxylic acids is 1. The first-order valence-electron chi connectivity index (χ1n) is 6.22. The summed E-state index contributed by atoms with van der Waals surface area (Å²) in [5.41, 5.74) is 7.26. The van der Waals surface area contributed by atoms with E-state index in [2.05, 4.69) is 16.2 Å². The van der Waals surface area contributed by atoms with Gasteiger partial charge in [0.2, 0.25) is 5.91 Å². The van der Waals surface area contributed by atoms with Crippen molar-refractivity contribution in [1.29, 1.82) is 0 Å². The van der Waals surface area contributed by atoms with Gasteiger partial charge in [-0.3, -0.25) is 9.59 Å². The molecule has 1 amide bonds. The number of rotatable bonds is 5. The molecule has 0 spiro atoms. The van der Waals surface area contributed by atoms with E-state index >= 15 is 0 Å². The van der Waals surface area contributed by atoms with Crippen LogP contribution in [0.4, 0.5) is 0 Å². The number of hydrogen-bond acceptors (Lipinski definition) is 4. The van der Waals surface area contributed by atoms with Crippen molar-refractivity contribution < 1.29 is 14.7 Å². The van der Waals surface area contributed by atoms with Gasteiger partial charge in [-0.25, -0.2) is 10.9 Å². The summed E-state index contributed by atoms with van der Waals surface area (Å²) in [5, 5.41) is 11.3. The molecular formula is C13H17N3O3. The van der Waals surface area contributed by atoms with Crippen molar-refractivity contribution in [2.75, 3.05) is 0 Å². The third-order valence-electron chi connectivity index (χ3n) is 3.01. The number of amides is 1. The molecule has 1 aromatic carbocycles. The molecular weight excluding hydrogens is 246 g/mol. The average molecular weight is 263 g/mol. The topological polar surface area (TPSA) is 90.5 Å². The summed E-state index contributed by atoms with van der Waals surface area (Å²) >= 11 is 0. The van der Waals surface area contributed by atoms with Gasteiger partial charge >= 0.3 is 5.97 Å². The summed E-state index contributed by atoms with van der Waals surface area (Å²) in [7, 11) is 0. The predicted molar refractivity (Wildman–Crippen MR) is 68.9 cm³/mol. The molecule has 0 saturated carbocycles. The number of benzene rings is 1. The SMILES string of the molecule is O=C(O)CCC(=O)NC1CC(c2ccccc2)NN1. The van der Waals surface area contributed by atoms with Crippen molar-refractivity contribution >= 4 is 11.9 Å². The first-order chi connectivity index (χ1) is 9.15. The molecule has 1 fully saturated rings. The van der Waals surface area contributed by atoms with Crippen LogP contribution in [-0.4, -0.2) is 23.1 Å². The van der Waals surface area contributed by atoms with E-state index in [1.165, 1.54) is 0 Å². The first kappa shape index (κ1) is 13.5. The van der Waals surface area contributed by atoms with Crippen LogP contribution >= 0.6 is 0 Å². The predicted octanol–water partition coefficient (Wildman–Crippen LogP) is 0.533. The molecule has 0 bridgehead atoms. The second kappa shape index (κ2) is 6.31. The number of nitrogens with one attached hydrogen (secondary N) is 3. The fraction of sp³-hybridized carbons (Fsp3) is 0.385. The third-order valence-corrected chi connectivity index (χ3v) is 3.01. The normalized spacial score (nSPS) is 22.1. The van der Waals surface area contributed by atoms with Gasteiger partial charge in [0.1, 0.15) is 0 Å². The minimum atomic E-state index is -0.963. The Hall–Kier alpha value is -1.92. The van der Waals surface area contributed by atoms with Crippen molar-refractivity contribution in [3.05, 3.63) is 35.9 Å². The Morgan fingerprint density at radius 2 is 1.95 bits per heavy atom. The van der Waals surface area contributed by atoms with Gasteiger partial charge < -0.3 is 10.4 Å². The molecule has 6 nitrogen and oxygen atoms in total. The molecule has 2 atom stereocenters. The standard InChI is InChI=1S/C13H17N3O3/c17-12(6-7-13(18)19)14-11-8-10(15-16-11)9-4-2-1-3-5-9/h1-5,10-11,15-16H,6-8H2,(H,14,17)(H,18,19). The van der Waals surface area contributed by atoms with Crippen molar-refractivity contribution in [3.63, 3.8) is 0 Å². The quantitative estimate of drug-likeness (QED) is 0.622. The summed E-state index contributed by atoms with van der Waals surface area (Å²) in [6.45, 7) is 0. The van der Waals surface area contributed by atoms with Gasteiger partial charge in [-0.15, -0.1) is 0 Å². The average Bonchev–Trinajstić information content (AvgIpc) is 2.86. The highest BCUT2D eigenvalue weighted by Crippen LogP contribution is 2.20. The molecule has 1 saturated heterocycles. The Balaban J connectivity index is 1.79. The summed E-state index contributed by atoms with van der Waals surface area (Å²) < 4.78 is 0. The zero-order chi connectivity index (χ0) is 13.7. The van der Waals surface area contributed by atoms with E-state index in [1.54, 1.807) is 0 Å². The second-order valence-corrected chi connectivity index (χ2v) is 4.50. The molecule has 102 valence electrons. The number of carbonyl (C=O) groups is 2. The molecule has 2 unspecified atom stereocenters. The lowest BCUT2D eigenvalue weighted by Gasteiger charge is -2.11. The number of hydrogen-bond donors (Lipinski definition) is 4. The van der Waals surface area contributed by atoms with Crippen LogP contribution in [0.15, 0.2) is 30.3 Å². The lowest BCUT2D eigenvalue weighted by molar-refractivity contribution is -0.138. The smallest absolute Gasteiger partial charge is 0.303 e. The summed E-state index contributed by atoms with van der Waals surface area (Å²) in [6.07, 6.45) is 0.409. The molecule has 1 heterocycles. The van der Waals surface area contributed by atoms with Crippen LogP contribution in [0.25, 0.3) is 0 Å². The zero-order valence-corrected chi connectivity index (χ0v) is 10.4. The molecule has 1 aromatic rings.